The van der Waals surface area contributed by atoms with E-state index in [2.05, 4.69) is 15.3 Å². The van der Waals surface area contributed by atoms with Gasteiger partial charge in [0.25, 0.3) is 0 Å². The number of alkyl halides is 3. The van der Waals surface area contributed by atoms with Crippen molar-refractivity contribution in [2.24, 2.45) is 0 Å². The van der Waals surface area contributed by atoms with E-state index in [4.69, 9.17) is 0 Å². The second-order valence-electron chi connectivity index (χ2n) is 5.16. The monoisotopic (exact) mass is 331 g/mol. The summed E-state index contributed by atoms with van der Waals surface area (Å²) in [6.07, 6.45) is -4.32. The van der Waals surface area contributed by atoms with Crippen LogP contribution in [0.4, 0.5) is 19.0 Å². The average molecular weight is 331 g/mol. The number of halogens is 3. The molecule has 0 spiro atoms. The number of hydrogen-bond acceptors (Lipinski definition) is 5. The second-order valence-corrected chi connectivity index (χ2v) is 7.38. The molecule has 1 aromatic heterocycles. The summed E-state index contributed by atoms with van der Waals surface area (Å²) < 4.78 is 61.6. The van der Waals surface area contributed by atoms with E-state index in [-0.39, 0.29) is 22.8 Å². The smallest absolute Gasteiger partial charge is 0.366 e. The molecule has 9 heteroatoms. The molecule has 0 amide bonds. The van der Waals surface area contributed by atoms with Gasteiger partial charge in [-0.25, -0.2) is 18.4 Å². The number of fused-ring (bicyclic) bond motifs is 1. The molecule has 0 radical (unpaired) electrons. The zero-order valence-electron chi connectivity index (χ0n) is 11.3. The summed E-state index contributed by atoms with van der Waals surface area (Å²) >= 11 is 0. The van der Waals surface area contributed by atoms with Crippen molar-refractivity contribution in [2.75, 3.05) is 16.8 Å². The Morgan fingerprint density at radius 3 is 2.55 bits per heavy atom. The van der Waals surface area contributed by atoms with Gasteiger partial charge in [0, 0.05) is 11.4 Å². The first-order valence-corrected chi connectivity index (χ1v) is 8.38. The van der Waals surface area contributed by atoms with E-state index in [0.29, 0.717) is 11.8 Å². The minimum atomic E-state index is -4.66. The molecule has 1 fully saturated rings. The molecular formula is C13H12F3N3O2S. The first-order valence-electron chi connectivity index (χ1n) is 6.55. The molecule has 0 saturated carbocycles. The molecule has 2 heterocycles. The van der Waals surface area contributed by atoms with Crippen molar-refractivity contribution >= 4 is 26.6 Å². The highest BCUT2D eigenvalue weighted by atomic mass is 32.2. The van der Waals surface area contributed by atoms with Crippen LogP contribution in [0.3, 0.4) is 0 Å². The van der Waals surface area contributed by atoms with Crippen LogP contribution in [0.2, 0.25) is 0 Å². The Balaban J connectivity index is 2.04. The molecule has 5 nitrogen and oxygen atoms in total. The van der Waals surface area contributed by atoms with Gasteiger partial charge >= 0.3 is 6.18 Å². The summed E-state index contributed by atoms with van der Waals surface area (Å²) in [5.74, 6) is -1.30. The number of rotatable bonds is 2. The first kappa shape index (κ1) is 15.0. The molecule has 1 aromatic carbocycles. The van der Waals surface area contributed by atoms with E-state index in [1.807, 2.05) is 0 Å². The molecule has 118 valence electrons. The largest absolute Gasteiger partial charge is 0.451 e. The standard InChI is InChI=1S/C13H12F3N3O2S/c14-13(15,16)12-18-10-4-2-1-3-9(10)11(19-12)17-8-5-6-22(20,21)7-8/h1-4,8H,5-7H2,(H,17,18,19). The first-order chi connectivity index (χ1) is 10.2. The Morgan fingerprint density at radius 1 is 1.18 bits per heavy atom. The predicted octanol–water partition coefficient (Wildman–Crippen LogP) is 2.25. The van der Waals surface area contributed by atoms with Crippen molar-refractivity contribution in [3.05, 3.63) is 30.1 Å². The van der Waals surface area contributed by atoms with Gasteiger partial charge in [0.1, 0.15) is 5.82 Å². The summed E-state index contributed by atoms with van der Waals surface area (Å²) in [4.78, 5) is 7.06. The van der Waals surface area contributed by atoms with Crippen LogP contribution in [0.5, 0.6) is 0 Å². The number of benzene rings is 1. The van der Waals surface area contributed by atoms with Crippen LogP contribution in [0.15, 0.2) is 24.3 Å². The maximum atomic E-state index is 12.9. The van der Waals surface area contributed by atoms with Crippen molar-refractivity contribution in [2.45, 2.75) is 18.6 Å². The lowest BCUT2D eigenvalue weighted by Gasteiger charge is -2.15. The van der Waals surface area contributed by atoms with Crippen LogP contribution < -0.4 is 5.32 Å². The fraction of sp³-hybridized carbons (Fsp3) is 0.385. The van der Waals surface area contributed by atoms with Crippen molar-refractivity contribution in [3.63, 3.8) is 0 Å². The number of para-hydroxylation sites is 1. The summed E-state index contributed by atoms with van der Waals surface area (Å²) in [6, 6.07) is 5.86. The lowest BCUT2D eigenvalue weighted by atomic mass is 10.2. The van der Waals surface area contributed by atoms with Crippen LogP contribution in [0, 0.1) is 0 Å². The number of nitrogens with one attached hydrogen (secondary N) is 1. The Hall–Kier alpha value is -1.90. The molecule has 0 bridgehead atoms. The highest BCUT2D eigenvalue weighted by molar-refractivity contribution is 7.91. The maximum Gasteiger partial charge on any atom is 0.451 e. The minimum Gasteiger partial charge on any atom is -0.366 e. The van der Waals surface area contributed by atoms with E-state index < -0.39 is 27.9 Å². The van der Waals surface area contributed by atoms with E-state index in [9.17, 15) is 21.6 Å². The topological polar surface area (TPSA) is 72.0 Å². The number of aromatic nitrogens is 2. The maximum absolute atomic E-state index is 12.9. The number of nitrogens with zero attached hydrogens (tertiary/aromatic N) is 2. The third-order valence-electron chi connectivity index (χ3n) is 3.43. The van der Waals surface area contributed by atoms with Gasteiger partial charge in [0.15, 0.2) is 9.84 Å². The SMILES string of the molecule is O=S1(=O)CCC(Nc2nc(C(F)(F)F)nc3ccccc23)C1. The summed E-state index contributed by atoms with van der Waals surface area (Å²) in [7, 11) is -3.14. The summed E-state index contributed by atoms with van der Waals surface area (Å²) in [6.45, 7) is 0. The number of sulfone groups is 1. The van der Waals surface area contributed by atoms with Crippen LogP contribution in [-0.2, 0) is 16.0 Å². The number of hydrogen-bond donors (Lipinski definition) is 1. The fourth-order valence-corrected chi connectivity index (χ4v) is 4.09. The van der Waals surface area contributed by atoms with Gasteiger partial charge in [-0.15, -0.1) is 0 Å². The molecule has 22 heavy (non-hydrogen) atoms. The molecule has 2 aromatic rings. The molecular weight excluding hydrogens is 319 g/mol. The fourth-order valence-electron chi connectivity index (χ4n) is 2.42. The van der Waals surface area contributed by atoms with Crippen LogP contribution >= 0.6 is 0 Å². The highest BCUT2D eigenvalue weighted by Crippen LogP contribution is 2.31. The third-order valence-corrected chi connectivity index (χ3v) is 5.20. The van der Waals surface area contributed by atoms with Crippen molar-refractivity contribution < 1.29 is 21.6 Å². The van der Waals surface area contributed by atoms with E-state index in [0.717, 1.165) is 0 Å². The molecule has 1 atom stereocenters. The van der Waals surface area contributed by atoms with Gasteiger partial charge in [-0.05, 0) is 18.6 Å². The van der Waals surface area contributed by atoms with Gasteiger partial charge < -0.3 is 5.32 Å². The average Bonchev–Trinajstić information content (AvgIpc) is 2.77. The Bertz CT molecular complexity index is 821. The minimum absolute atomic E-state index is 0.0139. The second kappa shape index (κ2) is 5.08. The molecule has 0 aliphatic carbocycles. The highest BCUT2D eigenvalue weighted by Gasteiger charge is 2.36. The van der Waals surface area contributed by atoms with Crippen LogP contribution in [0.25, 0.3) is 10.9 Å². The Kier molecular flexibility index (Phi) is 3.47. The third kappa shape index (κ3) is 2.99. The van der Waals surface area contributed by atoms with Gasteiger partial charge in [0.2, 0.25) is 5.82 Å². The van der Waals surface area contributed by atoms with Crippen molar-refractivity contribution in [1.29, 1.82) is 0 Å². The van der Waals surface area contributed by atoms with E-state index in [1.165, 1.54) is 6.07 Å². The van der Waals surface area contributed by atoms with Gasteiger partial charge in [-0.2, -0.15) is 13.2 Å². The predicted molar refractivity (Wildman–Crippen MR) is 75.2 cm³/mol. The molecule has 3 rings (SSSR count). The summed E-state index contributed by atoms with van der Waals surface area (Å²) in [5.41, 5.74) is 0.160. The van der Waals surface area contributed by atoms with Gasteiger partial charge in [0.05, 0.1) is 17.0 Å². The number of anilines is 1. The van der Waals surface area contributed by atoms with E-state index in [1.54, 1.807) is 18.2 Å². The quantitative estimate of drug-likeness (QED) is 0.914. The van der Waals surface area contributed by atoms with Crippen LogP contribution in [0.1, 0.15) is 12.2 Å². The molecule has 1 saturated heterocycles. The van der Waals surface area contributed by atoms with Crippen molar-refractivity contribution in [1.82, 2.24) is 9.97 Å². The van der Waals surface area contributed by atoms with Gasteiger partial charge in [-0.1, -0.05) is 12.1 Å². The van der Waals surface area contributed by atoms with Crippen LogP contribution in [-0.4, -0.2) is 35.9 Å². The zero-order chi connectivity index (χ0) is 16.0. The summed E-state index contributed by atoms with van der Waals surface area (Å²) in [5, 5.41) is 3.25. The molecule has 1 N–H and O–H groups in total. The van der Waals surface area contributed by atoms with E-state index >= 15 is 0 Å². The lowest BCUT2D eigenvalue weighted by molar-refractivity contribution is -0.144. The zero-order valence-corrected chi connectivity index (χ0v) is 12.1. The molecule has 1 unspecified atom stereocenters. The molecule has 1 aliphatic rings. The normalized spacial score (nSPS) is 21.1. The Labute approximate surface area is 124 Å². The Morgan fingerprint density at radius 2 is 1.91 bits per heavy atom. The molecule has 1 aliphatic heterocycles. The van der Waals surface area contributed by atoms with Crippen molar-refractivity contribution in [3.8, 4) is 0 Å². The van der Waals surface area contributed by atoms with Gasteiger partial charge in [-0.3, -0.25) is 0 Å². The lowest BCUT2D eigenvalue weighted by Crippen LogP contribution is -2.23.